The lowest BCUT2D eigenvalue weighted by Crippen LogP contribution is -2.26. The van der Waals surface area contributed by atoms with Crippen LogP contribution < -0.4 is 10.9 Å². The van der Waals surface area contributed by atoms with Gasteiger partial charge in [0, 0.05) is 29.7 Å². The fraction of sp³-hybridized carbons (Fsp3) is 0.455. The molecule has 88 valence electrons. The highest BCUT2D eigenvalue weighted by atomic mass is 35.5. The van der Waals surface area contributed by atoms with Crippen LogP contribution in [0.25, 0.3) is 0 Å². The molecule has 1 amide bonds. The van der Waals surface area contributed by atoms with Crippen LogP contribution in [0.15, 0.2) is 23.1 Å². The number of amides is 1. The average Bonchev–Trinajstić information content (AvgIpc) is 2.24. The molecular formula is C11H15ClN2O2. The Morgan fingerprint density at radius 3 is 3.00 bits per heavy atom. The summed E-state index contributed by atoms with van der Waals surface area (Å²) in [5, 5.41) is 2.85. The van der Waals surface area contributed by atoms with E-state index >= 15 is 0 Å². The molecule has 2 N–H and O–H groups in total. The first kappa shape index (κ1) is 12.8. The van der Waals surface area contributed by atoms with E-state index in [9.17, 15) is 9.59 Å². The smallest absolute Gasteiger partial charge is 0.251 e. The van der Waals surface area contributed by atoms with Crippen LogP contribution in [0.3, 0.4) is 0 Å². The highest BCUT2D eigenvalue weighted by Crippen LogP contribution is 2.02. The lowest BCUT2D eigenvalue weighted by Gasteiger charge is -2.05. The predicted molar refractivity (Wildman–Crippen MR) is 63.9 cm³/mol. The van der Waals surface area contributed by atoms with Crippen LogP contribution in [-0.4, -0.2) is 22.8 Å². The van der Waals surface area contributed by atoms with E-state index in [-0.39, 0.29) is 16.8 Å². The molecule has 0 saturated carbocycles. The molecule has 0 aliphatic rings. The van der Waals surface area contributed by atoms with E-state index in [1.165, 1.54) is 12.3 Å². The molecule has 0 fully saturated rings. The topological polar surface area (TPSA) is 62.0 Å². The zero-order valence-corrected chi connectivity index (χ0v) is 9.88. The number of aromatic nitrogens is 1. The monoisotopic (exact) mass is 242 g/mol. The molecule has 1 unspecified atom stereocenters. The van der Waals surface area contributed by atoms with Crippen LogP contribution in [0, 0.1) is 0 Å². The van der Waals surface area contributed by atoms with E-state index in [1.54, 1.807) is 6.07 Å². The average molecular weight is 243 g/mol. The SMILES string of the molecule is CC(Cl)CCCNC(=O)c1cc[nH]c(=O)c1. The van der Waals surface area contributed by atoms with Crippen molar-refractivity contribution in [3.63, 3.8) is 0 Å². The second kappa shape index (κ2) is 6.33. The molecule has 0 aliphatic carbocycles. The summed E-state index contributed by atoms with van der Waals surface area (Å²) in [5.41, 5.74) is 0.102. The van der Waals surface area contributed by atoms with Crippen molar-refractivity contribution in [1.82, 2.24) is 10.3 Å². The Hall–Kier alpha value is -1.29. The Kier molecular flexibility index (Phi) is 5.05. The maximum absolute atomic E-state index is 11.5. The molecule has 0 bridgehead atoms. The van der Waals surface area contributed by atoms with Crippen LogP contribution in [0.4, 0.5) is 0 Å². The number of alkyl halides is 1. The van der Waals surface area contributed by atoms with E-state index in [0.29, 0.717) is 12.1 Å². The van der Waals surface area contributed by atoms with Crippen LogP contribution in [0.1, 0.15) is 30.1 Å². The molecule has 0 aromatic carbocycles. The first-order chi connectivity index (χ1) is 7.59. The van der Waals surface area contributed by atoms with E-state index in [2.05, 4.69) is 10.3 Å². The van der Waals surface area contributed by atoms with E-state index in [1.807, 2.05) is 6.92 Å². The number of carbonyl (C=O) groups is 1. The first-order valence-electron chi connectivity index (χ1n) is 5.20. The maximum atomic E-state index is 11.5. The minimum atomic E-state index is -0.276. The molecule has 1 aromatic rings. The van der Waals surface area contributed by atoms with Gasteiger partial charge in [0.25, 0.3) is 5.91 Å². The van der Waals surface area contributed by atoms with Gasteiger partial charge in [0.15, 0.2) is 0 Å². The number of carbonyl (C=O) groups excluding carboxylic acids is 1. The van der Waals surface area contributed by atoms with Gasteiger partial charge in [0.2, 0.25) is 5.56 Å². The second-order valence-corrected chi connectivity index (χ2v) is 4.37. The van der Waals surface area contributed by atoms with Crippen LogP contribution in [-0.2, 0) is 0 Å². The van der Waals surface area contributed by atoms with Crippen molar-refractivity contribution >= 4 is 17.5 Å². The predicted octanol–water partition coefficient (Wildman–Crippen LogP) is 1.51. The highest BCUT2D eigenvalue weighted by Gasteiger charge is 2.04. The molecule has 1 heterocycles. The molecular weight excluding hydrogens is 228 g/mol. The van der Waals surface area contributed by atoms with E-state index in [4.69, 9.17) is 11.6 Å². The number of halogens is 1. The summed E-state index contributed by atoms with van der Waals surface area (Å²) in [6, 6.07) is 2.85. The van der Waals surface area contributed by atoms with E-state index in [0.717, 1.165) is 12.8 Å². The third-order valence-corrected chi connectivity index (χ3v) is 2.32. The van der Waals surface area contributed by atoms with Gasteiger partial charge in [-0.25, -0.2) is 0 Å². The van der Waals surface area contributed by atoms with E-state index < -0.39 is 0 Å². The zero-order chi connectivity index (χ0) is 12.0. The summed E-state index contributed by atoms with van der Waals surface area (Å²) in [4.78, 5) is 25.0. The zero-order valence-electron chi connectivity index (χ0n) is 9.13. The molecule has 1 rings (SSSR count). The first-order valence-corrected chi connectivity index (χ1v) is 5.64. The lowest BCUT2D eigenvalue weighted by molar-refractivity contribution is 0.0952. The molecule has 0 aliphatic heterocycles. The number of hydrogen-bond donors (Lipinski definition) is 2. The van der Waals surface area contributed by atoms with Crippen molar-refractivity contribution in [1.29, 1.82) is 0 Å². The number of aromatic amines is 1. The Bertz CT molecular complexity index is 401. The minimum absolute atomic E-state index is 0.122. The Morgan fingerprint density at radius 2 is 2.38 bits per heavy atom. The van der Waals surface area contributed by atoms with Crippen LogP contribution >= 0.6 is 11.6 Å². The van der Waals surface area contributed by atoms with Gasteiger partial charge in [0.1, 0.15) is 0 Å². The van der Waals surface area contributed by atoms with Crippen molar-refractivity contribution < 1.29 is 4.79 Å². The van der Waals surface area contributed by atoms with Crippen molar-refractivity contribution in [3.8, 4) is 0 Å². The maximum Gasteiger partial charge on any atom is 0.251 e. The Balaban J connectivity index is 2.38. The molecule has 1 aromatic heterocycles. The number of nitrogens with one attached hydrogen (secondary N) is 2. The van der Waals surface area contributed by atoms with Crippen molar-refractivity contribution in [2.75, 3.05) is 6.54 Å². The normalized spacial score (nSPS) is 12.1. The number of H-pyrrole nitrogens is 1. The summed E-state index contributed by atoms with van der Waals surface area (Å²) in [6.07, 6.45) is 3.15. The Labute approximate surface area is 99.0 Å². The van der Waals surface area contributed by atoms with Gasteiger partial charge in [-0.3, -0.25) is 9.59 Å². The molecule has 0 saturated heterocycles. The molecule has 0 radical (unpaired) electrons. The van der Waals surface area contributed by atoms with Crippen molar-refractivity contribution in [2.45, 2.75) is 25.1 Å². The third kappa shape index (κ3) is 4.49. The number of pyridine rings is 1. The largest absolute Gasteiger partial charge is 0.352 e. The molecule has 1 atom stereocenters. The second-order valence-electron chi connectivity index (χ2n) is 3.62. The van der Waals surface area contributed by atoms with Gasteiger partial charge in [-0.2, -0.15) is 0 Å². The van der Waals surface area contributed by atoms with Gasteiger partial charge in [-0.15, -0.1) is 11.6 Å². The summed E-state index contributed by atoms with van der Waals surface area (Å²) in [6.45, 7) is 2.49. The summed E-state index contributed by atoms with van der Waals surface area (Å²) in [5.74, 6) is -0.228. The summed E-state index contributed by atoms with van der Waals surface area (Å²) < 4.78 is 0. The molecule has 0 spiro atoms. The van der Waals surface area contributed by atoms with Gasteiger partial charge in [-0.05, 0) is 25.8 Å². The van der Waals surface area contributed by atoms with Crippen LogP contribution in [0.5, 0.6) is 0 Å². The standard InChI is InChI=1S/C11H15ClN2O2/c1-8(12)3-2-5-14-11(16)9-4-6-13-10(15)7-9/h4,6-8H,2-3,5H2,1H3,(H,13,15)(H,14,16). The highest BCUT2D eigenvalue weighted by molar-refractivity contribution is 6.20. The quantitative estimate of drug-likeness (QED) is 0.607. The van der Waals surface area contributed by atoms with Crippen molar-refractivity contribution in [3.05, 3.63) is 34.2 Å². The fourth-order valence-corrected chi connectivity index (χ4v) is 1.43. The molecule has 16 heavy (non-hydrogen) atoms. The van der Waals surface area contributed by atoms with Crippen LogP contribution in [0.2, 0.25) is 0 Å². The van der Waals surface area contributed by atoms with Gasteiger partial charge < -0.3 is 10.3 Å². The lowest BCUT2D eigenvalue weighted by atomic mass is 10.2. The molecule has 5 heteroatoms. The summed E-state index contributed by atoms with van der Waals surface area (Å²) in [7, 11) is 0. The minimum Gasteiger partial charge on any atom is -0.352 e. The molecule has 4 nitrogen and oxygen atoms in total. The number of hydrogen-bond acceptors (Lipinski definition) is 2. The summed E-state index contributed by atoms with van der Waals surface area (Å²) >= 11 is 5.77. The van der Waals surface area contributed by atoms with Gasteiger partial charge >= 0.3 is 0 Å². The van der Waals surface area contributed by atoms with Crippen molar-refractivity contribution in [2.24, 2.45) is 0 Å². The van der Waals surface area contributed by atoms with Gasteiger partial charge in [0.05, 0.1) is 0 Å². The Morgan fingerprint density at radius 1 is 1.62 bits per heavy atom. The number of rotatable bonds is 5. The third-order valence-electron chi connectivity index (χ3n) is 2.10. The van der Waals surface area contributed by atoms with Gasteiger partial charge in [-0.1, -0.05) is 0 Å². The fourth-order valence-electron chi connectivity index (χ4n) is 1.27.